The highest BCUT2D eigenvalue weighted by molar-refractivity contribution is 7.99. The lowest BCUT2D eigenvalue weighted by Crippen LogP contribution is -2.01. The molecule has 0 radical (unpaired) electrons. The molecule has 0 bridgehead atoms. The van der Waals surface area contributed by atoms with Gasteiger partial charge >= 0.3 is 0 Å². The van der Waals surface area contributed by atoms with Gasteiger partial charge in [0, 0.05) is 10.9 Å². The smallest absolute Gasteiger partial charge is 0.0555 e. The summed E-state index contributed by atoms with van der Waals surface area (Å²) in [6.07, 6.45) is 1.95. The molecule has 0 aliphatic rings. The van der Waals surface area contributed by atoms with Gasteiger partial charge in [0.15, 0.2) is 0 Å². The van der Waals surface area contributed by atoms with Crippen molar-refractivity contribution in [1.82, 2.24) is 0 Å². The van der Waals surface area contributed by atoms with Crippen LogP contribution in [-0.2, 0) is 0 Å². The van der Waals surface area contributed by atoms with Crippen LogP contribution in [0, 0.1) is 6.92 Å². The Kier molecular flexibility index (Phi) is 3.17. The molecule has 0 aliphatic carbocycles. The third-order valence-electron chi connectivity index (χ3n) is 1.93. The molecule has 2 nitrogen and oxygen atoms in total. The van der Waals surface area contributed by atoms with Crippen molar-refractivity contribution in [2.45, 2.75) is 11.8 Å². The van der Waals surface area contributed by atoms with Gasteiger partial charge in [-0.2, -0.15) is 0 Å². The van der Waals surface area contributed by atoms with Crippen molar-refractivity contribution < 1.29 is 0 Å². The van der Waals surface area contributed by atoms with Crippen LogP contribution in [0.4, 0.5) is 11.4 Å². The second-order valence-electron chi connectivity index (χ2n) is 2.76. The number of anilines is 2. The average Bonchev–Trinajstić information content (AvgIpc) is 2.12. The summed E-state index contributed by atoms with van der Waals surface area (Å²) in [4.78, 5) is 0.927. The monoisotopic (exact) mass is 212 g/mol. The Bertz CT molecular complexity index is 348. The normalized spacial score (nSPS) is 10.0. The third-order valence-corrected chi connectivity index (χ3v) is 3.03. The Hall–Kier alpha value is -0.740. The predicted octanol–water partition coefficient (Wildman–Crippen LogP) is 2.23. The number of nitrogens with two attached hydrogens (primary N) is 2. The van der Waals surface area contributed by atoms with Crippen molar-refractivity contribution in [2.75, 3.05) is 17.7 Å². The standard InChI is InChI=1S/C9H12N2S2/c1-5-3-6(4-12)8(11)9(13-2)7(5)10/h3-4H,10-11H2,1-2H3. The number of nitrogen functional groups attached to an aromatic ring is 2. The van der Waals surface area contributed by atoms with Crippen molar-refractivity contribution >= 4 is 40.7 Å². The van der Waals surface area contributed by atoms with Gasteiger partial charge in [-0.1, -0.05) is 12.2 Å². The lowest BCUT2D eigenvalue weighted by atomic mass is 10.1. The summed E-state index contributed by atoms with van der Waals surface area (Å²) in [7, 11) is 0. The second kappa shape index (κ2) is 3.98. The molecule has 0 heterocycles. The Labute approximate surface area is 87.7 Å². The Morgan fingerprint density at radius 2 is 2.00 bits per heavy atom. The van der Waals surface area contributed by atoms with Crippen LogP contribution in [0.3, 0.4) is 0 Å². The lowest BCUT2D eigenvalue weighted by molar-refractivity contribution is 1.37. The summed E-state index contributed by atoms with van der Waals surface area (Å²) in [6, 6.07) is 1.91. The molecule has 0 amide bonds. The number of benzene rings is 1. The van der Waals surface area contributed by atoms with Crippen LogP contribution in [0.5, 0.6) is 0 Å². The van der Waals surface area contributed by atoms with E-state index in [2.05, 4.69) is 0 Å². The largest absolute Gasteiger partial charge is 0.398 e. The number of aryl methyl sites for hydroxylation is 1. The first-order valence-electron chi connectivity index (χ1n) is 3.79. The summed E-state index contributed by atoms with van der Waals surface area (Å²) >= 11 is 6.41. The van der Waals surface area contributed by atoms with Gasteiger partial charge in [0.2, 0.25) is 0 Å². The van der Waals surface area contributed by atoms with E-state index >= 15 is 0 Å². The van der Waals surface area contributed by atoms with Crippen molar-refractivity contribution in [2.24, 2.45) is 0 Å². The zero-order valence-corrected chi connectivity index (χ0v) is 9.26. The van der Waals surface area contributed by atoms with Crippen molar-refractivity contribution in [3.63, 3.8) is 0 Å². The minimum atomic E-state index is 0.686. The molecule has 0 fully saturated rings. The first-order chi connectivity index (χ1) is 6.11. The molecule has 1 aromatic rings. The topological polar surface area (TPSA) is 52.0 Å². The van der Waals surface area contributed by atoms with E-state index in [4.69, 9.17) is 23.7 Å². The number of rotatable bonds is 2. The van der Waals surface area contributed by atoms with E-state index in [0.29, 0.717) is 5.69 Å². The molecule has 4 heteroatoms. The van der Waals surface area contributed by atoms with Crippen molar-refractivity contribution in [1.29, 1.82) is 0 Å². The molecule has 1 rings (SSSR count). The van der Waals surface area contributed by atoms with Crippen LogP contribution in [0.25, 0.3) is 0 Å². The van der Waals surface area contributed by atoms with Crippen molar-refractivity contribution in [3.05, 3.63) is 17.2 Å². The molecule has 4 N–H and O–H groups in total. The molecule has 0 atom stereocenters. The molecular formula is C9H12N2S2. The SMILES string of the molecule is CSc1c(N)c(C)cc(C=S)c1N. The van der Waals surface area contributed by atoms with Gasteiger partial charge in [0.05, 0.1) is 16.3 Å². The number of hydrogen-bond acceptors (Lipinski definition) is 4. The van der Waals surface area contributed by atoms with Gasteiger partial charge in [-0.15, -0.1) is 11.8 Å². The minimum Gasteiger partial charge on any atom is -0.398 e. The first-order valence-corrected chi connectivity index (χ1v) is 5.49. The maximum Gasteiger partial charge on any atom is 0.0555 e. The van der Waals surface area contributed by atoms with Gasteiger partial charge in [-0.05, 0) is 24.8 Å². The van der Waals surface area contributed by atoms with Crippen LogP contribution in [0.15, 0.2) is 11.0 Å². The fraction of sp³-hybridized carbons (Fsp3) is 0.222. The number of hydrogen-bond donors (Lipinski definition) is 2. The highest BCUT2D eigenvalue weighted by Crippen LogP contribution is 2.33. The molecule has 0 saturated carbocycles. The summed E-state index contributed by atoms with van der Waals surface area (Å²) in [6.45, 7) is 1.96. The van der Waals surface area contributed by atoms with Crippen molar-refractivity contribution in [3.8, 4) is 0 Å². The van der Waals surface area contributed by atoms with Crippen LogP contribution in [0.2, 0.25) is 0 Å². The first kappa shape index (κ1) is 10.3. The van der Waals surface area contributed by atoms with Gasteiger partial charge in [0.25, 0.3) is 0 Å². The van der Waals surface area contributed by atoms with E-state index in [1.807, 2.05) is 19.2 Å². The van der Waals surface area contributed by atoms with Gasteiger partial charge in [0.1, 0.15) is 0 Å². The van der Waals surface area contributed by atoms with Crippen LogP contribution >= 0.6 is 24.0 Å². The number of thioether (sulfide) groups is 1. The molecular weight excluding hydrogens is 200 g/mol. The molecule has 0 saturated heterocycles. The predicted molar refractivity (Wildman–Crippen MR) is 64.5 cm³/mol. The highest BCUT2D eigenvalue weighted by atomic mass is 32.2. The lowest BCUT2D eigenvalue weighted by Gasteiger charge is -2.11. The summed E-state index contributed by atoms with van der Waals surface area (Å²) in [5.74, 6) is 0. The molecule has 0 aliphatic heterocycles. The maximum atomic E-state index is 5.88. The van der Waals surface area contributed by atoms with E-state index in [1.54, 1.807) is 17.1 Å². The molecule has 0 spiro atoms. The van der Waals surface area contributed by atoms with Crippen LogP contribution in [-0.4, -0.2) is 11.6 Å². The second-order valence-corrected chi connectivity index (χ2v) is 3.81. The fourth-order valence-electron chi connectivity index (χ4n) is 1.16. The number of thiocarbonyl (C=S) groups is 1. The van der Waals surface area contributed by atoms with Gasteiger partial charge < -0.3 is 11.5 Å². The van der Waals surface area contributed by atoms with E-state index in [9.17, 15) is 0 Å². The zero-order chi connectivity index (χ0) is 10.0. The summed E-state index contributed by atoms with van der Waals surface area (Å²) in [5.41, 5.74) is 15.1. The zero-order valence-electron chi connectivity index (χ0n) is 7.63. The Balaban J connectivity index is 3.47. The van der Waals surface area contributed by atoms with E-state index in [1.165, 1.54) is 0 Å². The van der Waals surface area contributed by atoms with Gasteiger partial charge in [-0.3, -0.25) is 0 Å². The maximum absolute atomic E-state index is 5.88. The van der Waals surface area contributed by atoms with Gasteiger partial charge in [-0.25, -0.2) is 0 Å². The van der Waals surface area contributed by atoms with Crippen LogP contribution < -0.4 is 11.5 Å². The Morgan fingerprint density at radius 3 is 2.46 bits per heavy atom. The minimum absolute atomic E-state index is 0.686. The molecule has 0 unspecified atom stereocenters. The van der Waals surface area contributed by atoms with E-state index in [0.717, 1.165) is 21.7 Å². The molecule has 1 aromatic carbocycles. The molecule has 13 heavy (non-hydrogen) atoms. The fourth-order valence-corrected chi connectivity index (χ4v) is 2.08. The third kappa shape index (κ3) is 1.78. The summed E-state index contributed by atoms with van der Waals surface area (Å²) < 4.78 is 0. The Morgan fingerprint density at radius 1 is 1.38 bits per heavy atom. The molecule has 70 valence electrons. The van der Waals surface area contributed by atoms with E-state index in [-0.39, 0.29) is 0 Å². The van der Waals surface area contributed by atoms with E-state index < -0.39 is 0 Å². The molecule has 0 aromatic heterocycles. The average molecular weight is 212 g/mol. The van der Waals surface area contributed by atoms with Crippen LogP contribution in [0.1, 0.15) is 11.1 Å². The highest BCUT2D eigenvalue weighted by Gasteiger charge is 2.09. The quantitative estimate of drug-likeness (QED) is 0.448. The summed E-state index contributed by atoms with van der Waals surface area (Å²) in [5, 5.41) is 1.58.